The summed E-state index contributed by atoms with van der Waals surface area (Å²) in [5.74, 6) is 1.06. The second kappa shape index (κ2) is 11.5. The van der Waals surface area contributed by atoms with Crippen molar-refractivity contribution in [1.82, 2.24) is 5.32 Å². The zero-order valence-corrected chi connectivity index (χ0v) is 22.0. The molecule has 5 nitrogen and oxygen atoms in total. The van der Waals surface area contributed by atoms with Gasteiger partial charge in [-0.1, -0.05) is 53.6 Å². The van der Waals surface area contributed by atoms with Crippen molar-refractivity contribution in [2.45, 2.75) is 26.9 Å². The highest BCUT2D eigenvalue weighted by Crippen LogP contribution is 2.37. The minimum absolute atomic E-state index is 0.206. The highest BCUT2D eigenvalue weighted by atomic mass is 35.5. The first kappa shape index (κ1) is 25.6. The average Bonchev–Trinajstić information content (AvgIpc) is 3.20. The number of methoxy groups -OCH3 is 1. The third-order valence-electron chi connectivity index (χ3n) is 5.65. The maximum atomic E-state index is 12.7. The molecule has 1 N–H and O–H groups in total. The zero-order chi connectivity index (χ0) is 25.7. The molecule has 4 rings (SSSR count). The maximum Gasteiger partial charge on any atom is 0.264 e. The molecule has 1 amide bonds. The van der Waals surface area contributed by atoms with Crippen molar-refractivity contribution in [2.75, 3.05) is 7.11 Å². The first-order valence-corrected chi connectivity index (χ1v) is 12.6. The van der Waals surface area contributed by atoms with Crippen LogP contribution in [0.4, 0.5) is 5.69 Å². The van der Waals surface area contributed by atoms with E-state index >= 15 is 0 Å². The van der Waals surface area contributed by atoms with Gasteiger partial charge in [0.1, 0.15) is 6.61 Å². The number of hydrogen-bond acceptors (Lipinski definition) is 5. The molecule has 0 aliphatic carbocycles. The molecule has 0 spiro atoms. The SMILES string of the molecule is C=CCc1cc(/C=C2/SC(=Nc3cccc(Cl)c3C)NC2=O)cc(OC)c1OCc1ccc(C)cc1. The van der Waals surface area contributed by atoms with E-state index in [0.717, 1.165) is 27.9 Å². The van der Waals surface area contributed by atoms with Crippen molar-refractivity contribution >= 4 is 46.2 Å². The fraction of sp³-hybridized carbons (Fsp3) is 0.172. The molecule has 7 heteroatoms. The van der Waals surface area contributed by atoms with Crippen LogP contribution in [0.25, 0.3) is 6.08 Å². The summed E-state index contributed by atoms with van der Waals surface area (Å²) in [4.78, 5) is 17.8. The minimum atomic E-state index is -0.206. The van der Waals surface area contributed by atoms with E-state index in [9.17, 15) is 4.79 Å². The van der Waals surface area contributed by atoms with Gasteiger partial charge in [-0.05, 0) is 79.1 Å². The molecule has 0 bridgehead atoms. The Morgan fingerprint density at radius 2 is 1.92 bits per heavy atom. The summed E-state index contributed by atoms with van der Waals surface area (Å²) in [7, 11) is 1.61. The highest BCUT2D eigenvalue weighted by Gasteiger charge is 2.24. The topological polar surface area (TPSA) is 59.9 Å². The van der Waals surface area contributed by atoms with E-state index < -0.39 is 0 Å². The third-order valence-corrected chi connectivity index (χ3v) is 6.97. The van der Waals surface area contributed by atoms with Crippen LogP contribution < -0.4 is 14.8 Å². The maximum absolute atomic E-state index is 12.7. The zero-order valence-electron chi connectivity index (χ0n) is 20.4. The first-order valence-electron chi connectivity index (χ1n) is 11.4. The Hall–Kier alpha value is -3.48. The van der Waals surface area contributed by atoms with Gasteiger partial charge in [-0.2, -0.15) is 0 Å². The number of nitrogens with zero attached hydrogens (tertiary/aromatic N) is 1. The van der Waals surface area contributed by atoms with Gasteiger partial charge in [0.2, 0.25) is 0 Å². The van der Waals surface area contributed by atoms with Crippen LogP contribution in [0.2, 0.25) is 5.02 Å². The number of aliphatic imine (C=N–C) groups is 1. The summed E-state index contributed by atoms with van der Waals surface area (Å²) in [5.41, 5.74) is 5.60. The number of aryl methyl sites for hydroxylation is 1. The summed E-state index contributed by atoms with van der Waals surface area (Å²) in [6, 6.07) is 17.6. The number of ether oxygens (including phenoxy) is 2. The molecular weight excluding hydrogens is 492 g/mol. The van der Waals surface area contributed by atoms with Crippen molar-refractivity contribution in [1.29, 1.82) is 0 Å². The average molecular weight is 519 g/mol. The Balaban J connectivity index is 1.60. The fourth-order valence-electron chi connectivity index (χ4n) is 3.69. The van der Waals surface area contributed by atoms with Crippen LogP contribution in [0, 0.1) is 13.8 Å². The molecule has 1 heterocycles. The highest BCUT2D eigenvalue weighted by molar-refractivity contribution is 8.18. The van der Waals surface area contributed by atoms with Crippen molar-refractivity contribution in [3.05, 3.63) is 105 Å². The predicted molar refractivity (Wildman–Crippen MR) is 149 cm³/mol. The normalized spacial score (nSPS) is 15.3. The smallest absolute Gasteiger partial charge is 0.264 e. The van der Waals surface area contributed by atoms with Gasteiger partial charge in [-0.25, -0.2) is 4.99 Å². The number of nitrogens with one attached hydrogen (secondary N) is 1. The van der Waals surface area contributed by atoms with Crippen LogP contribution in [-0.4, -0.2) is 18.2 Å². The van der Waals surface area contributed by atoms with Gasteiger partial charge in [-0.15, -0.1) is 6.58 Å². The molecule has 1 fully saturated rings. The molecule has 1 aliphatic rings. The van der Waals surface area contributed by atoms with Gasteiger partial charge in [-0.3, -0.25) is 4.79 Å². The van der Waals surface area contributed by atoms with Crippen LogP contribution in [0.15, 0.2) is 77.1 Å². The number of rotatable bonds is 8. The summed E-state index contributed by atoms with van der Waals surface area (Å²) >= 11 is 7.49. The number of amides is 1. The lowest BCUT2D eigenvalue weighted by atomic mass is 10.0. The molecule has 0 unspecified atom stereocenters. The van der Waals surface area contributed by atoms with E-state index in [4.69, 9.17) is 21.1 Å². The first-order chi connectivity index (χ1) is 17.4. The van der Waals surface area contributed by atoms with Crippen molar-refractivity contribution in [3.8, 4) is 11.5 Å². The van der Waals surface area contributed by atoms with Crippen molar-refractivity contribution < 1.29 is 14.3 Å². The van der Waals surface area contributed by atoms with Gasteiger partial charge in [0.25, 0.3) is 5.91 Å². The Morgan fingerprint density at radius 1 is 1.14 bits per heavy atom. The Labute approximate surface area is 220 Å². The van der Waals surface area contributed by atoms with E-state index in [1.807, 2.05) is 61.5 Å². The lowest BCUT2D eigenvalue weighted by Gasteiger charge is -2.16. The van der Waals surface area contributed by atoms with Gasteiger partial charge in [0.05, 0.1) is 17.7 Å². The van der Waals surface area contributed by atoms with Crippen LogP contribution in [0.3, 0.4) is 0 Å². The Kier molecular flexibility index (Phi) is 8.18. The number of hydrogen-bond donors (Lipinski definition) is 1. The van der Waals surface area contributed by atoms with Gasteiger partial charge in [0, 0.05) is 10.6 Å². The number of carbonyl (C=O) groups is 1. The van der Waals surface area contributed by atoms with Crippen LogP contribution in [-0.2, 0) is 17.8 Å². The number of amidine groups is 1. The van der Waals surface area contributed by atoms with E-state index in [1.165, 1.54) is 17.3 Å². The predicted octanol–water partition coefficient (Wildman–Crippen LogP) is 7.16. The van der Waals surface area contributed by atoms with Gasteiger partial charge < -0.3 is 14.8 Å². The standard InChI is InChI=1S/C29H27ClN2O3S/c1-5-7-22-14-21(15-25(34-4)27(22)35-17-20-12-10-18(2)11-13-20)16-26-28(33)32-29(36-26)31-24-9-6-8-23(30)19(24)3/h5-6,8-16H,1,7,17H2,2-4H3,(H,31,32,33)/b26-16+. The molecule has 184 valence electrons. The molecule has 1 saturated heterocycles. The fourth-order valence-corrected chi connectivity index (χ4v) is 4.69. The quantitative estimate of drug-likeness (QED) is 0.254. The van der Waals surface area contributed by atoms with Crippen LogP contribution in [0.5, 0.6) is 11.5 Å². The second-order valence-corrected chi connectivity index (χ2v) is 9.78. The van der Waals surface area contributed by atoms with E-state index in [1.54, 1.807) is 7.11 Å². The third kappa shape index (κ3) is 6.01. The number of halogens is 1. The lowest BCUT2D eigenvalue weighted by molar-refractivity contribution is -0.115. The number of benzene rings is 3. The summed E-state index contributed by atoms with van der Waals surface area (Å²) in [6.07, 6.45) is 4.24. The number of carbonyl (C=O) groups excluding carboxylic acids is 1. The molecule has 36 heavy (non-hydrogen) atoms. The number of thioether (sulfide) groups is 1. The molecule has 1 aliphatic heterocycles. The molecular formula is C29H27ClN2O3S. The second-order valence-electron chi connectivity index (χ2n) is 8.34. The monoisotopic (exact) mass is 518 g/mol. The largest absolute Gasteiger partial charge is 0.493 e. The molecule has 0 atom stereocenters. The Morgan fingerprint density at radius 3 is 2.64 bits per heavy atom. The molecule has 3 aromatic rings. The molecule has 0 aromatic heterocycles. The summed E-state index contributed by atoms with van der Waals surface area (Å²) in [6.45, 7) is 8.26. The van der Waals surface area contributed by atoms with E-state index in [2.05, 4.69) is 35.9 Å². The minimum Gasteiger partial charge on any atom is -0.493 e. The molecule has 0 radical (unpaired) electrons. The van der Waals surface area contributed by atoms with Gasteiger partial charge >= 0.3 is 0 Å². The van der Waals surface area contributed by atoms with Gasteiger partial charge in [0.15, 0.2) is 16.7 Å². The summed E-state index contributed by atoms with van der Waals surface area (Å²) < 4.78 is 11.8. The van der Waals surface area contributed by atoms with E-state index in [0.29, 0.717) is 39.6 Å². The number of allylic oxidation sites excluding steroid dienone is 1. The van der Waals surface area contributed by atoms with E-state index in [-0.39, 0.29) is 5.91 Å². The summed E-state index contributed by atoms with van der Waals surface area (Å²) in [5, 5.41) is 3.97. The van der Waals surface area contributed by atoms with Crippen molar-refractivity contribution in [2.24, 2.45) is 4.99 Å². The van der Waals surface area contributed by atoms with Crippen LogP contribution in [0.1, 0.15) is 27.8 Å². The lowest BCUT2D eigenvalue weighted by Crippen LogP contribution is -2.19. The van der Waals surface area contributed by atoms with Crippen LogP contribution >= 0.6 is 23.4 Å². The Bertz CT molecular complexity index is 1360. The molecule has 3 aromatic carbocycles. The van der Waals surface area contributed by atoms with Crippen molar-refractivity contribution in [3.63, 3.8) is 0 Å². The molecule has 0 saturated carbocycles.